The number of benzene rings is 2. The summed E-state index contributed by atoms with van der Waals surface area (Å²) in [5.41, 5.74) is 0.756. The van der Waals surface area contributed by atoms with Crippen LogP contribution in [0.5, 0.6) is 5.75 Å². The molecule has 2 saturated carbocycles. The highest BCUT2D eigenvalue weighted by Gasteiger charge is 2.30. The number of Topliss-reactive ketones (excluding diaryl/α,β-unsaturated/α-hetero) is 2. The first-order valence-corrected chi connectivity index (χ1v) is 24.6. The molecule has 2 aromatic carbocycles. The number of sulfone groups is 2. The van der Waals surface area contributed by atoms with Gasteiger partial charge in [0, 0.05) is 55.3 Å². The van der Waals surface area contributed by atoms with Crippen LogP contribution in [0.1, 0.15) is 93.1 Å². The largest absolute Gasteiger partial charge is 0.497 e. The number of ether oxygens (including phenoxy) is 1. The Morgan fingerprint density at radius 1 is 0.651 bits per heavy atom. The van der Waals surface area contributed by atoms with Gasteiger partial charge in [-0.1, -0.05) is 48.4 Å². The standard InChI is InChI=1S/C20H24N4O6S2.C19H21N3O7S2/c1-24(2)12-8-9-14(13(10-12)16(25)11-6-4-5-7-11)21-19(28)23-20-22-15(17(26)27)18(31-20)32(3,29)30;1-29-11-7-8-13(12(9-11)15(23)10-5-3-4-6-10)20-18(26)22-19-21-14(16(24)25)17(30-19)31(2,27)28/h8-11H,4-7H2,1-3H3,(H,26,27)(H2,21,22,23,28);7-10H,3-6H2,1-2H3,(H,24,25)(H2,20,21,22,26). The first-order chi connectivity index (χ1) is 29.6. The number of nitrogens with one attached hydrogen (secondary N) is 4. The summed E-state index contributed by atoms with van der Waals surface area (Å²) in [7, 11) is -2.51. The van der Waals surface area contributed by atoms with E-state index in [2.05, 4.69) is 31.2 Å². The van der Waals surface area contributed by atoms with Crippen molar-refractivity contribution in [3.8, 4) is 5.75 Å². The molecule has 63 heavy (non-hydrogen) atoms. The van der Waals surface area contributed by atoms with Crippen LogP contribution in [-0.2, 0) is 19.7 Å². The second-order valence-electron chi connectivity index (χ2n) is 14.9. The number of urea groups is 2. The van der Waals surface area contributed by atoms with Gasteiger partial charge in [0.15, 0.2) is 61.3 Å². The molecule has 0 radical (unpaired) electrons. The molecule has 20 nitrogen and oxygen atoms in total. The lowest BCUT2D eigenvalue weighted by Gasteiger charge is -2.18. The third kappa shape index (κ3) is 12.1. The zero-order chi connectivity index (χ0) is 46.4. The summed E-state index contributed by atoms with van der Waals surface area (Å²) in [6, 6.07) is 8.23. The van der Waals surface area contributed by atoms with Gasteiger partial charge in [-0.25, -0.2) is 46.0 Å². The van der Waals surface area contributed by atoms with E-state index in [4.69, 9.17) is 9.84 Å². The van der Waals surface area contributed by atoms with Crippen molar-refractivity contribution in [1.29, 1.82) is 0 Å². The van der Waals surface area contributed by atoms with Gasteiger partial charge in [-0.15, -0.1) is 0 Å². The molecule has 0 unspecified atom stereocenters. The van der Waals surface area contributed by atoms with E-state index in [1.807, 2.05) is 19.0 Å². The average molecular weight is 948 g/mol. The number of carbonyl (C=O) groups is 6. The minimum absolute atomic E-state index is 0.0386. The molecule has 6 rings (SSSR count). The lowest BCUT2D eigenvalue weighted by molar-refractivity contribution is 0.0677. The van der Waals surface area contributed by atoms with Gasteiger partial charge >= 0.3 is 24.0 Å². The number of ketones is 2. The van der Waals surface area contributed by atoms with Crippen molar-refractivity contribution in [3.63, 3.8) is 0 Å². The highest BCUT2D eigenvalue weighted by atomic mass is 32.2. The number of methoxy groups -OCH3 is 1. The zero-order valence-electron chi connectivity index (χ0n) is 34.6. The summed E-state index contributed by atoms with van der Waals surface area (Å²) >= 11 is 1.08. The van der Waals surface area contributed by atoms with Gasteiger partial charge in [0.2, 0.25) is 0 Å². The van der Waals surface area contributed by atoms with Crippen LogP contribution in [0.4, 0.5) is 36.9 Å². The zero-order valence-corrected chi connectivity index (χ0v) is 37.9. The van der Waals surface area contributed by atoms with Crippen LogP contribution in [-0.4, -0.2) is 106 Å². The van der Waals surface area contributed by atoms with Gasteiger partial charge in [-0.05, 0) is 62.1 Å². The second kappa shape index (κ2) is 20.0. The average Bonchev–Trinajstić information content (AvgIpc) is 4.05. The predicted molar refractivity (Wildman–Crippen MR) is 236 cm³/mol. The molecular formula is C39H45N7O13S4. The molecule has 2 heterocycles. The molecular weight excluding hydrogens is 903 g/mol. The molecule has 24 heteroatoms. The molecule has 0 aliphatic heterocycles. The molecule has 2 aliphatic carbocycles. The van der Waals surface area contributed by atoms with Crippen LogP contribution in [0.15, 0.2) is 44.8 Å². The molecule has 338 valence electrons. The van der Waals surface area contributed by atoms with Gasteiger partial charge < -0.3 is 30.5 Å². The number of carboxylic acids is 2. The van der Waals surface area contributed by atoms with E-state index in [1.165, 1.54) is 13.2 Å². The SMILES string of the molecule is CN(C)c1ccc(NC(=O)Nc2nc(C(=O)O)c(S(C)(=O)=O)s2)c(C(=O)C2CCCC2)c1.COc1ccc(NC(=O)Nc2nc(C(=O)O)c(S(C)(=O)=O)s2)c(C(=O)C2CCCC2)c1. The molecule has 2 aliphatic rings. The van der Waals surface area contributed by atoms with E-state index in [1.54, 1.807) is 30.3 Å². The predicted octanol–water partition coefficient (Wildman–Crippen LogP) is 6.60. The highest BCUT2D eigenvalue weighted by Crippen LogP contribution is 2.35. The quantitative estimate of drug-likeness (QED) is 0.0726. The van der Waals surface area contributed by atoms with Crippen molar-refractivity contribution in [3.05, 3.63) is 58.9 Å². The first kappa shape index (κ1) is 48.1. The van der Waals surface area contributed by atoms with Crippen molar-refractivity contribution in [2.45, 2.75) is 59.8 Å². The molecule has 0 bridgehead atoms. The van der Waals surface area contributed by atoms with Gasteiger partial charge in [-0.3, -0.25) is 20.2 Å². The maximum absolute atomic E-state index is 13.1. The van der Waals surface area contributed by atoms with E-state index in [0.29, 0.717) is 45.2 Å². The van der Waals surface area contributed by atoms with Crippen LogP contribution < -0.4 is 30.9 Å². The summed E-state index contributed by atoms with van der Waals surface area (Å²) in [6.45, 7) is 0. The molecule has 4 amide bonds. The van der Waals surface area contributed by atoms with E-state index in [-0.39, 0.29) is 39.4 Å². The third-order valence-corrected chi connectivity index (χ3v) is 15.5. The highest BCUT2D eigenvalue weighted by molar-refractivity contribution is 7.93. The number of hydrogen-bond donors (Lipinski definition) is 6. The van der Waals surface area contributed by atoms with Crippen molar-refractivity contribution in [2.24, 2.45) is 11.8 Å². The number of hydrogen-bond acceptors (Lipinski definition) is 16. The Kier molecular flexibility index (Phi) is 15.3. The normalized spacial score (nSPS) is 14.2. The number of anilines is 5. The number of aromatic nitrogens is 2. The molecule has 0 atom stereocenters. The Bertz CT molecular complexity index is 2670. The fraction of sp³-hybridized carbons (Fsp3) is 0.385. The molecule has 4 aromatic rings. The lowest BCUT2D eigenvalue weighted by Crippen LogP contribution is -2.22. The van der Waals surface area contributed by atoms with Gasteiger partial charge in [-0.2, -0.15) is 0 Å². The number of carboxylic acid groups (broad SMARTS) is 2. The summed E-state index contributed by atoms with van der Waals surface area (Å²) in [6.07, 6.45) is 8.84. The Hall–Kier alpha value is -5.98. The van der Waals surface area contributed by atoms with Crippen molar-refractivity contribution < 1.29 is 60.6 Å². The summed E-state index contributed by atoms with van der Waals surface area (Å²) in [5.74, 6) is -2.91. The smallest absolute Gasteiger partial charge is 0.356 e. The molecule has 6 N–H and O–H groups in total. The van der Waals surface area contributed by atoms with Crippen molar-refractivity contribution in [1.82, 2.24) is 9.97 Å². The molecule has 0 spiro atoms. The Morgan fingerprint density at radius 3 is 1.40 bits per heavy atom. The monoisotopic (exact) mass is 947 g/mol. The number of nitrogens with zero attached hydrogens (tertiary/aromatic N) is 3. The van der Waals surface area contributed by atoms with E-state index < -0.39 is 63.5 Å². The topological polar surface area (TPSA) is 298 Å². The van der Waals surface area contributed by atoms with E-state index in [0.717, 1.165) is 69.6 Å². The van der Waals surface area contributed by atoms with Gasteiger partial charge in [0.25, 0.3) is 0 Å². The van der Waals surface area contributed by atoms with Crippen LogP contribution >= 0.6 is 22.7 Å². The second-order valence-corrected chi connectivity index (χ2v) is 21.3. The molecule has 2 fully saturated rings. The summed E-state index contributed by atoms with van der Waals surface area (Å²) in [5, 5.41) is 27.8. The minimum Gasteiger partial charge on any atom is -0.497 e. The minimum atomic E-state index is -3.84. The Morgan fingerprint density at radius 2 is 1.05 bits per heavy atom. The maximum Gasteiger partial charge on any atom is 0.356 e. The van der Waals surface area contributed by atoms with Gasteiger partial charge in [0.1, 0.15) is 5.75 Å². The van der Waals surface area contributed by atoms with E-state index >= 15 is 0 Å². The van der Waals surface area contributed by atoms with Crippen LogP contribution in [0.25, 0.3) is 0 Å². The van der Waals surface area contributed by atoms with Gasteiger partial charge in [0.05, 0.1) is 18.5 Å². The van der Waals surface area contributed by atoms with E-state index in [9.17, 15) is 50.7 Å². The number of aromatic carboxylic acids is 2. The maximum atomic E-state index is 13.1. The molecule has 0 saturated heterocycles. The third-order valence-electron chi connectivity index (χ3n) is 9.94. The molecule has 2 aromatic heterocycles. The number of thiazole rings is 2. The van der Waals surface area contributed by atoms with Crippen LogP contribution in [0.3, 0.4) is 0 Å². The lowest BCUT2D eigenvalue weighted by atomic mass is 9.94. The fourth-order valence-electron chi connectivity index (χ4n) is 6.90. The summed E-state index contributed by atoms with van der Waals surface area (Å²) < 4.78 is 51.5. The first-order valence-electron chi connectivity index (χ1n) is 19.2. The van der Waals surface area contributed by atoms with Crippen LogP contribution in [0, 0.1) is 11.8 Å². The van der Waals surface area contributed by atoms with Crippen molar-refractivity contribution in [2.75, 3.05) is 59.9 Å². The Labute approximate surface area is 370 Å². The summed E-state index contributed by atoms with van der Waals surface area (Å²) in [4.78, 5) is 82.9. The number of carbonyl (C=O) groups excluding carboxylic acids is 4. The fourth-order valence-corrected chi connectivity index (χ4v) is 10.9. The number of amides is 4. The van der Waals surface area contributed by atoms with Crippen molar-refractivity contribution >= 4 is 105 Å². The Balaban J connectivity index is 0.000000238. The number of rotatable bonds is 14. The van der Waals surface area contributed by atoms with Crippen LogP contribution in [0.2, 0.25) is 0 Å².